The number of piperidine rings is 1. The molecule has 4 heteroatoms. The van der Waals surface area contributed by atoms with Crippen LogP contribution in [0.1, 0.15) is 38.5 Å². The van der Waals surface area contributed by atoms with Crippen LogP contribution >= 0.6 is 0 Å². The molecule has 2 atom stereocenters. The lowest BCUT2D eigenvalue weighted by Crippen LogP contribution is -2.49. The van der Waals surface area contributed by atoms with Gasteiger partial charge in [0.1, 0.15) is 0 Å². The number of carbonyl (C=O) groups is 1. The fraction of sp³-hybridized carbons (Fsp3) is 0.923. The van der Waals surface area contributed by atoms with E-state index >= 15 is 0 Å². The van der Waals surface area contributed by atoms with Gasteiger partial charge in [-0.25, -0.2) is 0 Å². The molecule has 3 fully saturated rings. The molecule has 0 aromatic rings. The summed E-state index contributed by atoms with van der Waals surface area (Å²) in [5.41, 5.74) is 0. The lowest BCUT2D eigenvalue weighted by atomic mass is 9.98. The number of amides is 1. The van der Waals surface area contributed by atoms with E-state index in [1.165, 1.54) is 38.5 Å². The van der Waals surface area contributed by atoms with Crippen LogP contribution < -0.4 is 10.6 Å². The second-order valence-corrected chi connectivity index (χ2v) is 5.94. The van der Waals surface area contributed by atoms with E-state index in [1.54, 1.807) is 0 Å². The summed E-state index contributed by atoms with van der Waals surface area (Å²) in [7, 11) is 2.25. The molecule has 1 aliphatic carbocycles. The number of fused-ring (bicyclic) bond motifs is 2. The second kappa shape index (κ2) is 4.58. The molecule has 1 saturated carbocycles. The molecule has 0 aromatic heterocycles. The highest BCUT2D eigenvalue weighted by molar-refractivity contribution is 5.78. The summed E-state index contributed by atoms with van der Waals surface area (Å²) in [5.74, 6) is 0.179. The topological polar surface area (TPSA) is 44.4 Å². The number of nitrogens with zero attached hydrogens (tertiary/aromatic N) is 1. The molecule has 2 N–H and O–H groups in total. The maximum Gasteiger partial charge on any atom is 0.234 e. The monoisotopic (exact) mass is 237 g/mol. The minimum absolute atomic E-state index is 0.179. The van der Waals surface area contributed by atoms with Crippen LogP contribution in [0.5, 0.6) is 0 Å². The molecule has 2 bridgehead atoms. The maximum absolute atomic E-state index is 11.6. The third-order valence-corrected chi connectivity index (χ3v) is 4.59. The van der Waals surface area contributed by atoms with Crippen LogP contribution in [0.25, 0.3) is 0 Å². The van der Waals surface area contributed by atoms with Gasteiger partial charge in [0.25, 0.3) is 0 Å². The molecule has 3 aliphatic rings. The predicted octanol–water partition coefficient (Wildman–Crippen LogP) is 0.480. The van der Waals surface area contributed by atoms with Crippen molar-refractivity contribution in [2.24, 2.45) is 0 Å². The largest absolute Gasteiger partial charge is 0.352 e. The quantitative estimate of drug-likeness (QED) is 0.747. The average Bonchev–Trinajstić information content (AvgIpc) is 3.07. The van der Waals surface area contributed by atoms with E-state index in [2.05, 4.69) is 22.6 Å². The molecule has 1 amide bonds. The van der Waals surface area contributed by atoms with Gasteiger partial charge in [-0.05, 0) is 45.6 Å². The summed E-state index contributed by atoms with van der Waals surface area (Å²) >= 11 is 0. The van der Waals surface area contributed by atoms with E-state index in [1.807, 2.05) is 0 Å². The zero-order valence-electron chi connectivity index (χ0n) is 10.6. The van der Waals surface area contributed by atoms with Crippen LogP contribution in [0.4, 0.5) is 0 Å². The summed E-state index contributed by atoms with van der Waals surface area (Å²) in [5, 5.41) is 6.47. The SMILES string of the molecule is CN1C2CCC1CC(NCC(=O)NC1CC1)C2. The third-order valence-electron chi connectivity index (χ3n) is 4.59. The van der Waals surface area contributed by atoms with Crippen molar-refractivity contribution in [3.63, 3.8) is 0 Å². The molecule has 96 valence electrons. The lowest BCUT2D eigenvalue weighted by Gasteiger charge is -2.36. The molecule has 2 aliphatic heterocycles. The van der Waals surface area contributed by atoms with Crippen LogP contribution in [0.2, 0.25) is 0 Å². The van der Waals surface area contributed by atoms with Gasteiger partial charge in [-0.1, -0.05) is 0 Å². The van der Waals surface area contributed by atoms with E-state index in [4.69, 9.17) is 0 Å². The van der Waals surface area contributed by atoms with E-state index < -0.39 is 0 Å². The van der Waals surface area contributed by atoms with E-state index in [9.17, 15) is 4.79 Å². The number of rotatable bonds is 4. The van der Waals surface area contributed by atoms with E-state index in [0.717, 1.165) is 12.1 Å². The van der Waals surface area contributed by atoms with Gasteiger partial charge in [0, 0.05) is 24.2 Å². The lowest BCUT2D eigenvalue weighted by molar-refractivity contribution is -0.120. The van der Waals surface area contributed by atoms with Crippen LogP contribution in [0, 0.1) is 0 Å². The highest BCUT2D eigenvalue weighted by Gasteiger charge is 2.38. The van der Waals surface area contributed by atoms with Crippen LogP contribution in [0.3, 0.4) is 0 Å². The second-order valence-electron chi connectivity index (χ2n) is 5.94. The Kier molecular flexibility index (Phi) is 3.09. The summed E-state index contributed by atoms with van der Waals surface area (Å²) in [4.78, 5) is 14.1. The summed E-state index contributed by atoms with van der Waals surface area (Å²) in [6.45, 7) is 0.504. The van der Waals surface area contributed by atoms with Gasteiger partial charge in [-0.3, -0.25) is 4.79 Å². The average molecular weight is 237 g/mol. The molecule has 3 rings (SSSR count). The van der Waals surface area contributed by atoms with Gasteiger partial charge >= 0.3 is 0 Å². The first-order valence-electron chi connectivity index (χ1n) is 6.97. The first-order chi connectivity index (χ1) is 8.22. The molecular weight excluding hydrogens is 214 g/mol. The Bertz CT molecular complexity index is 289. The zero-order valence-corrected chi connectivity index (χ0v) is 10.6. The standard InChI is InChI=1S/C13H23N3O/c1-16-11-4-5-12(16)7-10(6-11)14-8-13(17)15-9-2-3-9/h9-12,14H,2-8H2,1H3,(H,15,17). The maximum atomic E-state index is 11.6. The Labute approximate surface area is 103 Å². The van der Waals surface area contributed by atoms with Gasteiger partial charge in [0.05, 0.1) is 6.54 Å². The normalized spacial score (nSPS) is 37.1. The minimum atomic E-state index is 0.179. The van der Waals surface area contributed by atoms with Crippen LogP contribution in [-0.4, -0.2) is 48.6 Å². The molecule has 2 saturated heterocycles. The smallest absolute Gasteiger partial charge is 0.234 e. The van der Waals surface area contributed by atoms with Gasteiger partial charge in [0.15, 0.2) is 0 Å². The molecule has 0 spiro atoms. The van der Waals surface area contributed by atoms with Crippen molar-refractivity contribution in [3.8, 4) is 0 Å². The predicted molar refractivity (Wildman–Crippen MR) is 66.8 cm³/mol. The zero-order chi connectivity index (χ0) is 11.8. The number of hydrogen-bond donors (Lipinski definition) is 2. The Balaban J connectivity index is 1.42. The Hall–Kier alpha value is -0.610. The first-order valence-corrected chi connectivity index (χ1v) is 6.97. The Morgan fingerprint density at radius 2 is 1.76 bits per heavy atom. The van der Waals surface area contributed by atoms with Crippen molar-refractivity contribution in [2.45, 2.75) is 62.7 Å². The molecule has 17 heavy (non-hydrogen) atoms. The van der Waals surface area contributed by atoms with Crippen molar-refractivity contribution in [3.05, 3.63) is 0 Å². The highest BCUT2D eigenvalue weighted by atomic mass is 16.2. The summed E-state index contributed by atoms with van der Waals surface area (Å²) in [6.07, 6.45) is 7.45. The fourth-order valence-electron chi connectivity index (χ4n) is 3.32. The first kappa shape index (κ1) is 11.5. The number of hydrogen-bond acceptors (Lipinski definition) is 3. The molecule has 0 radical (unpaired) electrons. The summed E-state index contributed by atoms with van der Waals surface area (Å²) in [6, 6.07) is 2.53. The number of nitrogens with one attached hydrogen (secondary N) is 2. The molecule has 0 aromatic carbocycles. The fourth-order valence-corrected chi connectivity index (χ4v) is 3.32. The molecule has 2 unspecified atom stereocenters. The van der Waals surface area contributed by atoms with Gasteiger partial charge in [-0.2, -0.15) is 0 Å². The highest BCUT2D eigenvalue weighted by Crippen LogP contribution is 2.34. The van der Waals surface area contributed by atoms with Gasteiger partial charge in [-0.15, -0.1) is 0 Å². The van der Waals surface area contributed by atoms with Crippen molar-refractivity contribution in [1.82, 2.24) is 15.5 Å². The Morgan fingerprint density at radius 3 is 2.35 bits per heavy atom. The summed E-state index contributed by atoms with van der Waals surface area (Å²) < 4.78 is 0. The van der Waals surface area contributed by atoms with Crippen LogP contribution in [-0.2, 0) is 4.79 Å². The third kappa shape index (κ3) is 2.63. The van der Waals surface area contributed by atoms with Crippen molar-refractivity contribution < 1.29 is 4.79 Å². The van der Waals surface area contributed by atoms with Crippen molar-refractivity contribution >= 4 is 5.91 Å². The molecular formula is C13H23N3O. The molecule has 2 heterocycles. The van der Waals surface area contributed by atoms with E-state index in [0.29, 0.717) is 18.6 Å². The van der Waals surface area contributed by atoms with Crippen molar-refractivity contribution in [2.75, 3.05) is 13.6 Å². The van der Waals surface area contributed by atoms with Crippen molar-refractivity contribution in [1.29, 1.82) is 0 Å². The number of carbonyl (C=O) groups excluding carboxylic acids is 1. The van der Waals surface area contributed by atoms with Gasteiger partial charge in [0.2, 0.25) is 5.91 Å². The Morgan fingerprint density at radius 1 is 1.12 bits per heavy atom. The minimum Gasteiger partial charge on any atom is -0.352 e. The molecule has 4 nitrogen and oxygen atoms in total. The van der Waals surface area contributed by atoms with Crippen LogP contribution in [0.15, 0.2) is 0 Å². The van der Waals surface area contributed by atoms with E-state index in [-0.39, 0.29) is 5.91 Å². The van der Waals surface area contributed by atoms with Gasteiger partial charge < -0.3 is 15.5 Å².